The van der Waals surface area contributed by atoms with Crippen LogP contribution in [0.15, 0.2) is 28.7 Å². The first-order valence-electron chi connectivity index (χ1n) is 6.03. The van der Waals surface area contributed by atoms with E-state index in [1.54, 1.807) is 0 Å². The summed E-state index contributed by atoms with van der Waals surface area (Å²) in [7, 11) is 0. The average molecular weight is 313 g/mol. The summed E-state index contributed by atoms with van der Waals surface area (Å²) in [5, 5.41) is 7.40. The quantitative estimate of drug-likeness (QED) is 0.837. The van der Waals surface area contributed by atoms with Gasteiger partial charge in [0.1, 0.15) is 0 Å². The number of rotatable bonds is 3. The molecule has 2 rings (SSSR count). The van der Waals surface area contributed by atoms with Crippen molar-refractivity contribution in [3.05, 3.63) is 34.3 Å². The standard InChI is InChI=1S/C13H17BrN2S/c14-11-7-5-10(6-8-11)9-15-13(17)16-12-3-1-2-4-12/h5-8,12H,1-4,9H2,(H2,15,16,17). The predicted molar refractivity (Wildman–Crippen MR) is 79.0 cm³/mol. The molecule has 0 aromatic heterocycles. The van der Waals surface area contributed by atoms with Crippen molar-refractivity contribution < 1.29 is 0 Å². The van der Waals surface area contributed by atoms with E-state index in [0.29, 0.717) is 6.04 Å². The molecule has 0 atom stereocenters. The van der Waals surface area contributed by atoms with E-state index in [1.807, 2.05) is 12.1 Å². The molecule has 0 amide bonds. The zero-order valence-electron chi connectivity index (χ0n) is 9.71. The third-order valence-electron chi connectivity index (χ3n) is 3.06. The molecule has 1 saturated carbocycles. The van der Waals surface area contributed by atoms with Gasteiger partial charge in [-0.25, -0.2) is 0 Å². The monoisotopic (exact) mass is 312 g/mol. The molecule has 0 unspecified atom stereocenters. The number of thiocarbonyl (C=S) groups is 1. The van der Waals surface area contributed by atoms with E-state index in [9.17, 15) is 0 Å². The highest BCUT2D eigenvalue weighted by Gasteiger charge is 2.14. The molecule has 0 heterocycles. The maximum absolute atomic E-state index is 5.28. The molecule has 92 valence electrons. The third-order valence-corrected chi connectivity index (χ3v) is 3.85. The van der Waals surface area contributed by atoms with E-state index in [0.717, 1.165) is 16.1 Å². The van der Waals surface area contributed by atoms with Gasteiger partial charge in [-0.2, -0.15) is 0 Å². The second-order valence-electron chi connectivity index (χ2n) is 4.43. The predicted octanol–water partition coefficient (Wildman–Crippen LogP) is 3.36. The van der Waals surface area contributed by atoms with E-state index < -0.39 is 0 Å². The van der Waals surface area contributed by atoms with Gasteiger partial charge < -0.3 is 10.6 Å². The van der Waals surface area contributed by atoms with E-state index >= 15 is 0 Å². The van der Waals surface area contributed by atoms with Crippen molar-refractivity contribution in [1.29, 1.82) is 0 Å². The molecule has 1 aromatic carbocycles. The zero-order chi connectivity index (χ0) is 12.1. The highest BCUT2D eigenvalue weighted by atomic mass is 79.9. The molecule has 1 aliphatic rings. The summed E-state index contributed by atoms with van der Waals surface area (Å²) in [5.74, 6) is 0. The van der Waals surface area contributed by atoms with E-state index in [4.69, 9.17) is 12.2 Å². The number of benzene rings is 1. The van der Waals surface area contributed by atoms with Crippen molar-refractivity contribution in [3.8, 4) is 0 Å². The van der Waals surface area contributed by atoms with Gasteiger partial charge in [0.2, 0.25) is 0 Å². The Morgan fingerprint density at radius 3 is 2.53 bits per heavy atom. The third kappa shape index (κ3) is 4.28. The van der Waals surface area contributed by atoms with Gasteiger partial charge >= 0.3 is 0 Å². The lowest BCUT2D eigenvalue weighted by molar-refractivity contribution is 0.621. The van der Waals surface area contributed by atoms with Crippen molar-refractivity contribution >= 4 is 33.3 Å². The van der Waals surface area contributed by atoms with Gasteiger partial charge in [0.05, 0.1) is 0 Å². The van der Waals surface area contributed by atoms with Crippen LogP contribution >= 0.6 is 28.1 Å². The molecule has 1 aliphatic carbocycles. The van der Waals surface area contributed by atoms with Gasteiger partial charge in [-0.15, -0.1) is 0 Å². The Balaban J connectivity index is 1.73. The van der Waals surface area contributed by atoms with Crippen LogP contribution in [0.4, 0.5) is 0 Å². The Morgan fingerprint density at radius 1 is 1.24 bits per heavy atom. The zero-order valence-corrected chi connectivity index (χ0v) is 12.1. The molecule has 2 nitrogen and oxygen atoms in total. The Labute approximate surface area is 116 Å². The normalized spacial score (nSPS) is 15.8. The Bertz CT molecular complexity index is 372. The van der Waals surface area contributed by atoms with E-state index in [2.05, 4.69) is 38.7 Å². The Hall–Kier alpha value is -0.610. The van der Waals surface area contributed by atoms with Crippen LogP contribution in [-0.4, -0.2) is 11.2 Å². The maximum Gasteiger partial charge on any atom is 0.166 e. The van der Waals surface area contributed by atoms with Gasteiger partial charge in [-0.3, -0.25) is 0 Å². The minimum atomic E-state index is 0.583. The van der Waals surface area contributed by atoms with Crippen LogP contribution in [0.5, 0.6) is 0 Å². The molecule has 17 heavy (non-hydrogen) atoms. The van der Waals surface area contributed by atoms with Crippen molar-refractivity contribution in [2.45, 2.75) is 38.3 Å². The SMILES string of the molecule is S=C(NCc1ccc(Br)cc1)NC1CCCC1. The Morgan fingerprint density at radius 2 is 1.88 bits per heavy atom. The molecule has 1 fully saturated rings. The second-order valence-corrected chi connectivity index (χ2v) is 5.76. The lowest BCUT2D eigenvalue weighted by Crippen LogP contribution is -2.40. The van der Waals surface area contributed by atoms with Gasteiger partial charge in [-0.05, 0) is 42.8 Å². The molecule has 4 heteroatoms. The summed E-state index contributed by atoms with van der Waals surface area (Å²) in [6, 6.07) is 8.86. The first kappa shape index (κ1) is 12.8. The average Bonchev–Trinajstić information content (AvgIpc) is 2.81. The molecule has 0 spiro atoms. The molecule has 0 radical (unpaired) electrons. The van der Waals surface area contributed by atoms with Gasteiger partial charge in [-0.1, -0.05) is 40.9 Å². The molecule has 0 saturated heterocycles. The maximum atomic E-state index is 5.28. The minimum absolute atomic E-state index is 0.583. The van der Waals surface area contributed by atoms with Gasteiger partial charge in [0.15, 0.2) is 5.11 Å². The summed E-state index contributed by atoms with van der Waals surface area (Å²) < 4.78 is 1.10. The topological polar surface area (TPSA) is 24.1 Å². The summed E-state index contributed by atoms with van der Waals surface area (Å²) >= 11 is 8.71. The van der Waals surface area contributed by atoms with Crippen LogP contribution in [0.1, 0.15) is 31.2 Å². The minimum Gasteiger partial charge on any atom is -0.360 e. The molecule has 2 N–H and O–H groups in total. The van der Waals surface area contributed by atoms with Crippen LogP contribution in [0.25, 0.3) is 0 Å². The van der Waals surface area contributed by atoms with Crippen LogP contribution in [0, 0.1) is 0 Å². The number of halogens is 1. The first-order chi connectivity index (χ1) is 8.24. The number of hydrogen-bond acceptors (Lipinski definition) is 1. The highest BCUT2D eigenvalue weighted by molar-refractivity contribution is 9.10. The van der Waals surface area contributed by atoms with Crippen molar-refractivity contribution in [2.75, 3.05) is 0 Å². The van der Waals surface area contributed by atoms with Crippen molar-refractivity contribution in [2.24, 2.45) is 0 Å². The van der Waals surface area contributed by atoms with Crippen LogP contribution in [-0.2, 0) is 6.54 Å². The summed E-state index contributed by atoms with van der Waals surface area (Å²) in [6.07, 6.45) is 5.15. The van der Waals surface area contributed by atoms with Crippen molar-refractivity contribution in [1.82, 2.24) is 10.6 Å². The van der Waals surface area contributed by atoms with Crippen molar-refractivity contribution in [3.63, 3.8) is 0 Å². The van der Waals surface area contributed by atoms with Crippen LogP contribution in [0.3, 0.4) is 0 Å². The molecule has 0 bridgehead atoms. The number of nitrogens with one attached hydrogen (secondary N) is 2. The first-order valence-corrected chi connectivity index (χ1v) is 7.23. The summed E-state index contributed by atoms with van der Waals surface area (Å²) in [6.45, 7) is 0.784. The largest absolute Gasteiger partial charge is 0.360 e. The fourth-order valence-corrected chi connectivity index (χ4v) is 2.59. The van der Waals surface area contributed by atoms with Gasteiger partial charge in [0.25, 0.3) is 0 Å². The Kier molecular flexibility index (Phi) is 4.80. The fraction of sp³-hybridized carbons (Fsp3) is 0.462. The molecule has 0 aliphatic heterocycles. The van der Waals surface area contributed by atoms with E-state index in [-0.39, 0.29) is 0 Å². The molecular formula is C13H17BrN2S. The molecule has 1 aromatic rings. The lowest BCUT2D eigenvalue weighted by Gasteiger charge is -2.15. The molecular weight excluding hydrogens is 296 g/mol. The second kappa shape index (κ2) is 6.36. The smallest absolute Gasteiger partial charge is 0.166 e. The fourth-order valence-electron chi connectivity index (χ4n) is 2.09. The van der Waals surface area contributed by atoms with Crippen LogP contribution < -0.4 is 10.6 Å². The lowest BCUT2D eigenvalue weighted by atomic mass is 10.2. The summed E-state index contributed by atoms with van der Waals surface area (Å²) in [5.41, 5.74) is 1.24. The van der Waals surface area contributed by atoms with Crippen LogP contribution in [0.2, 0.25) is 0 Å². The van der Waals surface area contributed by atoms with E-state index in [1.165, 1.54) is 31.2 Å². The summed E-state index contributed by atoms with van der Waals surface area (Å²) in [4.78, 5) is 0. The van der Waals surface area contributed by atoms with Gasteiger partial charge in [0, 0.05) is 17.1 Å². The highest BCUT2D eigenvalue weighted by Crippen LogP contribution is 2.17. The number of hydrogen-bond donors (Lipinski definition) is 2.